The van der Waals surface area contributed by atoms with Gasteiger partial charge in [-0.1, -0.05) is 93.0 Å². The van der Waals surface area contributed by atoms with Crippen LogP contribution in [0, 0.1) is 12.1 Å². The van der Waals surface area contributed by atoms with E-state index in [1.165, 1.54) is 5.19 Å². The summed E-state index contributed by atoms with van der Waals surface area (Å²) in [5, 5.41) is 12.3. The number of hydrogen-bond acceptors (Lipinski definition) is 6. The number of pyridine rings is 2. The largest absolute Gasteiger partial charge is 0.372 e. The molecule has 7 rings (SSSR count). The molecule has 0 bridgehead atoms. The van der Waals surface area contributed by atoms with Gasteiger partial charge in [-0.2, -0.15) is 16.6 Å². The zero-order valence-electron chi connectivity index (χ0n) is 28.9. The molecule has 3 aromatic heterocycles. The van der Waals surface area contributed by atoms with Crippen LogP contribution in [0.5, 0.6) is 0 Å². The summed E-state index contributed by atoms with van der Waals surface area (Å²) >= 11 is 1.68. The molecular weight excluding hydrogens is 821 g/mol. The molecule has 0 aliphatic rings. The third-order valence-electron chi connectivity index (χ3n) is 8.18. The monoisotopic (exact) mass is 858 g/mol. The van der Waals surface area contributed by atoms with Crippen LogP contribution in [0.25, 0.3) is 53.8 Å². The normalized spacial score (nSPS) is 11.7. The first-order valence-corrected chi connectivity index (χ1v) is 20.0. The van der Waals surface area contributed by atoms with Gasteiger partial charge in [0, 0.05) is 38.6 Å². The molecule has 1 radical (unpaired) electrons. The van der Waals surface area contributed by atoms with Gasteiger partial charge in [0.1, 0.15) is 0 Å². The van der Waals surface area contributed by atoms with E-state index in [1.807, 2.05) is 80.7 Å². The summed E-state index contributed by atoms with van der Waals surface area (Å²) in [6, 6.07) is 39.8. The van der Waals surface area contributed by atoms with Crippen molar-refractivity contribution in [3.63, 3.8) is 0 Å². The van der Waals surface area contributed by atoms with Gasteiger partial charge in [0.15, 0.2) is 0 Å². The van der Waals surface area contributed by atoms with Gasteiger partial charge in [0.2, 0.25) is 0 Å². The van der Waals surface area contributed by atoms with Gasteiger partial charge in [-0.3, -0.25) is 4.89 Å². The Kier molecular flexibility index (Phi) is 10.9. The number of fused-ring (bicyclic) bond motifs is 3. The number of thiophene rings is 1. The van der Waals surface area contributed by atoms with Crippen molar-refractivity contribution in [2.24, 2.45) is 0 Å². The van der Waals surface area contributed by atoms with E-state index in [0.29, 0.717) is 0 Å². The Morgan fingerprint density at radius 1 is 0.857 bits per heavy atom. The van der Waals surface area contributed by atoms with Gasteiger partial charge in [-0.05, 0) is 61.9 Å². The molecule has 3 heterocycles. The molecule has 1 N–H and O–H groups in total. The van der Waals surface area contributed by atoms with Crippen LogP contribution < -0.4 is 5.19 Å². The molecule has 4 aromatic carbocycles. The molecule has 5 nitrogen and oxygen atoms in total. The standard InChI is InChI=1S/C27H20NO3S.C14H16NSi.Ir/c1-16(2)19-13-14-28-24(15-19)23-8-4-7-22-21-6-3-5-20(25(21)32-26(22)23)17-9-11-18(12-10-17)27(29)31-30;1-16(2,3)13-9-10-14(15-11-13)12-7-5-4-6-8-12;/h3-7,9-16,30H,1-2H3;4-7,9-11H,1-3H3;/q2*-1;/i16D;;. The van der Waals surface area contributed by atoms with Crippen LogP contribution in [0.2, 0.25) is 19.6 Å². The number of hydrogen-bond donors (Lipinski definition) is 1. The van der Waals surface area contributed by atoms with Crippen molar-refractivity contribution in [3.8, 4) is 33.6 Å². The predicted octanol–water partition coefficient (Wildman–Crippen LogP) is 10.4. The topological polar surface area (TPSA) is 72.3 Å². The molecule has 0 aliphatic carbocycles. The number of carbonyl (C=O) groups is 1. The fourth-order valence-corrected chi connectivity index (χ4v) is 7.82. The van der Waals surface area contributed by atoms with Crippen molar-refractivity contribution < 1.29 is 36.4 Å². The molecule has 249 valence electrons. The fraction of sp³-hybridized carbons (Fsp3) is 0.146. The minimum absolute atomic E-state index is 0. The first-order chi connectivity index (χ1) is 23.4. The van der Waals surface area contributed by atoms with Crippen LogP contribution in [0.3, 0.4) is 0 Å². The van der Waals surface area contributed by atoms with E-state index in [4.69, 9.17) is 6.63 Å². The second kappa shape index (κ2) is 15.5. The van der Waals surface area contributed by atoms with E-state index in [0.717, 1.165) is 59.4 Å². The van der Waals surface area contributed by atoms with Gasteiger partial charge < -0.3 is 9.97 Å². The van der Waals surface area contributed by atoms with Crippen molar-refractivity contribution in [2.75, 3.05) is 0 Å². The summed E-state index contributed by atoms with van der Waals surface area (Å²) in [4.78, 5) is 24.5. The van der Waals surface area contributed by atoms with Crippen LogP contribution in [0.4, 0.5) is 0 Å². The average molecular weight is 858 g/mol. The Bertz CT molecular complexity index is 2250. The third kappa shape index (κ3) is 7.96. The van der Waals surface area contributed by atoms with Crippen molar-refractivity contribution in [1.29, 1.82) is 0 Å². The van der Waals surface area contributed by atoms with E-state index in [-0.39, 0.29) is 25.7 Å². The summed E-state index contributed by atoms with van der Waals surface area (Å²) in [7, 11) is -1.23. The fourth-order valence-electron chi connectivity index (χ4n) is 5.45. The molecule has 0 atom stereocenters. The molecule has 7 aromatic rings. The molecule has 0 saturated carbocycles. The molecule has 0 spiro atoms. The number of benzene rings is 4. The predicted molar refractivity (Wildman–Crippen MR) is 200 cm³/mol. The molecule has 49 heavy (non-hydrogen) atoms. The summed E-state index contributed by atoms with van der Waals surface area (Å²) in [6.45, 7) is 10.7. The third-order valence-corrected chi connectivity index (χ3v) is 11.5. The molecule has 0 unspecified atom stereocenters. The van der Waals surface area contributed by atoms with Crippen molar-refractivity contribution in [1.82, 2.24) is 9.97 Å². The number of nitrogens with zero attached hydrogens (tertiary/aromatic N) is 2. The SMILES string of the molecule is C[Si](C)(C)c1ccc(-c2[c-]cccc2)nc1.[2H]C(C)(C)c1ccnc(-c2[c-]ccc3c2sc2c(-c4ccc(C(=O)OO)cc4)cccc23)c1.[Ir]. The number of carbonyl (C=O) groups excluding carboxylic acids is 1. The smallest absolute Gasteiger partial charge is 0.305 e. The Hall–Kier alpha value is -4.30. The minimum atomic E-state index is -1.23. The van der Waals surface area contributed by atoms with Gasteiger partial charge in [-0.15, -0.1) is 59.7 Å². The molecule has 0 amide bonds. The van der Waals surface area contributed by atoms with Gasteiger partial charge >= 0.3 is 5.97 Å². The second-order valence-electron chi connectivity index (χ2n) is 12.7. The zero-order chi connectivity index (χ0) is 34.8. The van der Waals surface area contributed by atoms with Crippen LogP contribution in [0.1, 0.15) is 37.0 Å². The quantitative estimate of drug-likeness (QED) is 0.0781. The molecule has 0 fully saturated rings. The second-order valence-corrected chi connectivity index (χ2v) is 18.8. The summed E-state index contributed by atoms with van der Waals surface area (Å²) < 4.78 is 10.6. The Morgan fingerprint density at radius 2 is 1.63 bits per heavy atom. The first-order valence-electron chi connectivity index (χ1n) is 16.2. The molecule has 0 saturated heterocycles. The summed E-state index contributed by atoms with van der Waals surface area (Å²) in [5.74, 6) is -1.50. The van der Waals surface area contributed by atoms with Crippen molar-refractivity contribution in [2.45, 2.75) is 39.4 Å². The number of aromatic nitrogens is 2. The summed E-state index contributed by atoms with van der Waals surface area (Å²) in [5.41, 5.74) is 6.99. The maximum atomic E-state index is 11.6. The Balaban J connectivity index is 0.000000241. The van der Waals surface area contributed by atoms with Gasteiger partial charge in [-0.25, -0.2) is 4.79 Å². The van der Waals surface area contributed by atoms with Gasteiger partial charge in [0.05, 0.1) is 13.6 Å². The van der Waals surface area contributed by atoms with Gasteiger partial charge in [0.25, 0.3) is 0 Å². The molecule has 8 heteroatoms. The van der Waals surface area contributed by atoms with Crippen LogP contribution in [-0.4, -0.2) is 29.3 Å². The minimum Gasteiger partial charge on any atom is -0.305 e. The maximum absolute atomic E-state index is 11.6. The average Bonchev–Trinajstić information content (AvgIpc) is 3.51. The van der Waals surface area contributed by atoms with Crippen molar-refractivity contribution >= 4 is 50.7 Å². The Labute approximate surface area is 307 Å². The van der Waals surface area contributed by atoms with E-state index in [1.54, 1.807) is 29.7 Å². The van der Waals surface area contributed by atoms with Crippen LogP contribution >= 0.6 is 11.3 Å². The zero-order valence-corrected chi connectivity index (χ0v) is 32.1. The van der Waals surface area contributed by atoms with E-state index >= 15 is 0 Å². The first kappa shape index (κ1) is 34.6. The van der Waals surface area contributed by atoms with E-state index in [9.17, 15) is 4.79 Å². The maximum Gasteiger partial charge on any atom is 0.372 e. The molecule has 0 aliphatic heterocycles. The molecular formula is C41H36IrN2O3SSi-2. The van der Waals surface area contributed by atoms with Crippen molar-refractivity contribution in [3.05, 3.63) is 139 Å². The van der Waals surface area contributed by atoms with E-state index < -0.39 is 19.9 Å². The number of rotatable bonds is 6. The Morgan fingerprint density at radius 3 is 2.29 bits per heavy atom. The summed E-state index contributed by atoms with van der Waals surface area (Å²) in [6.07, 6.45) is 3.77. The van der Waals surface area contributed by atoms with Crippen LogP contribution in [0.15, 0.2) is 116 Å². The van der Waals surface area contributed by atoms with E-state index in [2.05, 4.69) is 77.0 Å². The van der Waals surface area contributed by atoms with Crippen LogP contribution in [-0.2, 0) is 25.0 Å².